The quantitative estimate of drug-likeness (QED) is 0.688. The highest BCUT2D eigenvalue weighted by atomic mass is 32.2. The fourth-order valence-corrected chi connectivity index (χ4v) is 1.86. The van der Waals surface area contributed by atoms with Crippen molar-refractivity contribution in [2.45, 2.75) is 6.92 Å². The summed E-state index contributed by atoms with van der Waals surface area (Å²) in [7, 11) is -2.92. The van der Waals surface area contributed by atoms with E-state index in [4.69, 9.17) is 5.73 Å². The van der Waals surface area contributed by atoms with Gasteiger partial charge in [0.15, 0.2) is 0 Å². The lowest BCUT2D eigenvalue weighted by atomic mass is 10.2. The van der Waals surface area contributed by atoms with Crippen LogP contribution in [-0.4, -0.2) is 21.6 Å². The number of nitrogens with one attached hydrogen (secondary N) is 2. The Bertz CT molecular complexity index is 527. The van der Waals surface area contributed by atoms with Crippen molar-refractivity contribution < 1.29 is 17.9 Å². The zero-order valence-electron chi connectivity index (χ0n) is 9.35. The standard InChI is InChI=1S/C9H13N3O4S/c1-6-5-7(3-4-8(6)10)11-17(14,15)12-9(13)16-2/h3-5,11H,10H2,1-2H3,(H,12,13). The van der Waals surface area contributed by atoms with Gasteiger partial charge in [-0.2, -0.15) is 8.42 Å². The number of hydrogen-bond donors (Lipinski definition) is 3. The normalized spacial score (nSPS) is 10.7. The second-order valence-corrected chi connectivity index (χ2v) is 4.69. The molecule has 0 aliphatic rings. The summed E-state index contributed by atoms with van der Waals surface area (Å²) in [6.07, 6.45) is -1.07. The molecule has 0 heterocycles. The van der Waals surface area contributed by atoms with E-state index >= 15 is 0 Å². The van der Waals surface area contributed by atoms with Crippen molar-refractivity contribution in [2.75, 3.05) is 17.6 Å². The van der Waals surface area contributed by atoms with Crippen LogP contribution in [0.1, 0.15) is 5.56 Å². The van der Waals surface area contributed by atoms with Crippen LogP contribution in [0.5, 0.6) is 0 Å². The molecule has 0 fully saturated rings. The van der Waals surface area contributed by atoms with Crippen LogP contribution in [0.25, 0.3) is 0 Å². The number of rotatable bonds is 3. The van der Waals surface area contributed by atoms with Crippen LogP contribution in [-0.2, 0) is 14.9 Å². The lowest BCUT2D eigenvalue weighted by Gasteiger charge is -2.09. The number of hydrogen-bond acceptors (Lipinski definition) is 5. The molecule has 7 nitrogen and oxygen atoms in total. The summed E-state index contributed by atoms with van der Waals surface area (Å²) >= 11 is 0. The van der Waals surface area contributed by atoms with Crippen molar-refractivity contribution in [3.8, 4) is 0 Å². The summed E-state index contributed by atoms with van der Waals surface area (Å²) in [5, 5.41) is 0. The molecule has 1 amide bonds. The summed E-state index contributed by atoms with van der Waals surface area (Å²) in [6, 6.07) is 4.59. The minimum Gasteiger partial charge on any atom is -0.452 e. The van der Waals surface area contributed by atoms with Gasteiger partial charge in [-0.15, -0.1) is 0 Å². The minimum atomic E-state index is -3.99. The third-order valence-corrected chi connectivity index (χ3v) is 2.86. The molecule has 94 valence electrons. The highest BCUT2D eigenvalue weighted by Gasteiger charge is 2.14. The number of methoxy groups -OCH3 is 1. The largest absolute Gasteiger partial charge is 0.452 e. The van der Waals surface area contributed by atoms with E-state index in [0.717, 1.165) is 12.7 Å². The van der Waals surface area contributed by atoms with Crippen LogP contribution in [0.2, 0.25) is 0 Å². The molecule has 0 atom stereocenters. The summed E-state index contributed by atoms with van der Waals surface area (Å²) in [5.41, 5.74) is 7.16. The topological polar surface area (TPSA) is 111 Å². The monoisotopic (exact) mass is 259 g/mol. The zero-order valence-corrected chi connectivity index (χ0v) is 10.2. The molecule has 0 unspecified atom stereocenters. The predicted molar refractivity (Wildman–Crippen MR) is 63.7 cm³/mol. The van der Waals surface area contributed by atoms with E-state index in [9.17, 15) is 13.2 Å². The van der Waals surface area contributed by atoms with Crippen LogP contribution < -0.4 is 15.2 Å². The smallest absolute Gasteiger partial charge is 0.422 e. The average Bonchev–Trinajstić information content (AvgIpc) is 2.22. The Morgan fingerprint density at radius 3 is 2.59 bits per heavy atom. The van der Waals surface area contributed by atoms with E-state index in [1.165, 1.54) is 6.07 Å². The molecule has 0 radical (unpaired) electrons. The Hall–Kier alpha value is -1.96. The van der Waals surface area contributed by atoms with Crippen molar-refractivity contribution in [1.29, 1.82) is 0 Å². The zero-order chi connectivity index (χ0) is 13.1. The van der Waals surface area contributed by atoms with Crippen molar-refractivity contribution in [3.63, 3.8) is 0 Å². The molecule has 0 bridgehead atoms. The molecule has 0 spiro atoms. The number of benzene rings is 1. The van der Waals surface area contributed by atoms with Crippen LogP contribution in [0.15, 0.2) is 18.2 Å². The van der Waals surface area contributed by atoms with E-state index in [-0.39, 0.29) is 0 Å². The molecule has 0 aliphatic carbocycles. The van der Waals surface area contributed by atoms with Gasteiger partial charge in [-0.25, -0.2) is 9.52 Å². The number of nitrogens with two attached hydrogens (primary N) is 1. The molecule has 0 saturated carbocycles. The maximum Gasteiger partial charge on any atom is 0.422 e. The summed E-state index contributed by atoms with van der Waals surface area (Å²) in [4.78, 5) is 10.8. The Kier molecular flexibility index (Phi) is 3.79. The highest BCUT2D eigenvalue weighted by molar-refractivity contribution is 7.91. The van der Waals surface area contributed by atoms with Gasteiger partial charge in [0.1, 0.15) is 0 Å². The summed E-state index contributed by atoms with van der Waals surface area (Å²) in [6.45, 7) is 1.74. The highest BCUT2D eigenvalue weighted by Crippen LogP contribution is 2.17. The average molecular weight is 259 g/mol. The maximum absolute atomic E-state index is 11.4. The van der Waals surface area contributed by atoms with Crippen molar-refractivity contribution in [1.82, 2.24) is 4.72 Å². The number of amides is 1. The number of carbonyl (C=O) groups excluding carboxylic acids is 1. The van der Waals surface area contributed by atoms with Crippen molar-refractivity contribution in [3.05, 3.63) is 23.8 Å². The van der Waals surface area contributed by atoms with Crippen LogP contribution >= 0.6 is 0 Å². The first-order chi connectivity index (χ1) is 7.84. The Morgan fingerprint density at radius 2 is 2.06 bits per heavy atom. The van der Waals surface area contributed by atoms with Crippen molar-refractivity contribution in [2.24, 2.45) is 0 Å². The maximum atomic E-state index is 11.4. The first kappa shape index (κ1) is 13.1. The molecule has 1 rings (SSSR count). The number of carbonyl (C=O) groups is 1. The first-order valence-corrected chi connectivity index (χ1v) is 6.07. The molecule has 8 heteroatoms. The van der Waals surface area contributed by atoms with Gasteiger partial charge in [-0.3, -0.25) is 4.72 Å². The van der Waals surface area contributed by atoms with Gasteiger partial charge < -0.3 is 10.5 Å². The molecule has 1 aromatic carbocycles. The van der Waals surface area contributed by atoms with Gasteiger partial charge in [0.05, 0.1) is 12.8 Å². The third-order valence-electron chi connectivity index (χ3n) is 1.93. The Balaban J connectivity index is 2.83. The van der Waals surface area contributed by atoms with Gasteiger partial charge in [0, 0.05) is 5.69 Å². The minimum absolute atomic E-state index is 0.299. The van der Waals surface area contributed by atoms with E-state index in [1.807, 2.05) is 0 Å². The van der Waals surface area contributed by atoms with Crippen LogP contribution in [0, 0.1) is 6.92 Å². The third kappa shape index (κ3) is 3.83. The number of nitrogen functional groups attached to an aromatic ring is 1. The predicted octanol–water partition coefficient (Wildman–Crippen LogP) is 0.590. The van der Waals surface area contributed by atoms with E-state index in [0.29, 0.717) is 11.4 Å². The molecule has 1 aromatic rings. The van der Waals surface area contributed by atoms with E-state index in [2.05, 4.69) is 9.46 Å². The fourth-order valence-electron chi connectivity index (χ4n) is 1.07. The molecular weight excluding hydrogens is 246 g/mol. The Morgan fingerprint density at radius 1 is 1.41 bits per heavy atom. The molecule has 17 heavy (non-hydrogen) atoms. The SMILES string of the molecule is COC(=O)NS(=O)(=O)Nc1ccc(N)c(C)c1. The van der Waals surface area contributed by atoms with Crippen molar-refractivity contribution >= 4 is 27.7 Å². The fraction of sp³-hybridized carbons (Fsp3) is 0.222. The van der Waals surface area contributed by atoms with E-state index < -0.39 is 16.3 Å². The second kappa shape index (κ2) is 4.91. The Labute approximate surface area is 99.1 Å². The lowest BCUT2D eigenvalue weighted by molar-refractivity contribution is 0.177. The number of anilines is 2. The number of ether oxygens (including phenoxy) is 1. The number of aryl methyl sites for hydroxylation is 1. The molecule has 0 aliphatic heterocycles. The lowest BCUT2D eigenvalue weighted by Crippen LogP contribution is -2.35. The second-order valence-electron chi connectivity index (χ2n) is 3.27. The van der Waals surface area contributed by atoms with Crippen LogP contribution in [0.4, 0.5) is 16.2 Å². The first-order valence-electron chi connectivity index (χ1n) is 4.58. The van der Waals surface area contributed by atoms with E-state index in [1.54, 1.807) is 23.8 Å². The molecule has 4 N–H and O–H groups in total. The van der Waals surface area contributed by atoms with Gasteiger partial charge in [0.25, 0.3) is 0 Å². The van der Waals surface area contributed by atoms with Gasteiger partial charge >= 0.3 is 16.3 Å². The summed E-state index contributed by atoms with van der Waals surface area (Å²) in [5.74, 6) is 0. The summed E-state index contributed by atoms with van der Waals surface area (Å²) < 4.78 is 30.8. The van der Waals surface area contributed by atoms with Gasteiger partial charge in [-0.1, -0.05) is 0 Å². The molecule has 0 saturated heterocycles. The van der Waals surface area contributed by atoms with Gasteiger partial charge in [-0.05, 0) is 30.7 Å². The molecular formula is C9H13N3O4S. The van der Waals surface area contributed by atoms with Crippen LogP contribution in [0.3, 0.4) is 0 Å². The molecule has 0 aromatic heterocycles. The van der Waals surface area contributed by atoms with Gasteiger partial charge in [0.2, 0.25) is 0 Å².